The van der Waals surface area contributed by atoms with Crippen LogP contribution in [0.5, 0.6) is 0 Å². The fourth-order valence-electron chi connectivity index (χ4n) is 1.59. The monoisotopic (exact) mass is 276 g/mol. The lowest BCUT2D eigenvalue weighted by Gasteiger charge is -2.01. The van der Waals surface area contributed by atoms with Crippen molar-refractivity contribution in [3.8, 4) is 0 Å². The maximum Gasteiger partial charge on any atom is 0.143 e. The van der Waals surface area contributed by atoms with Gasteiger partial charge in [0.2, 0.25) is 0 Å². The van der Waals surface area contributed by atoms with E-state index in [0.29, 0.717) is 18.0 Å². The van der Waals surface area contributed by atoms with Gasteiger partial charge in [0.1, 0.15) is 5.78 Å². The number of hydrogen-bond donors (Lipinski definition) is 0. The molecule has 3 heteroatoms. The molecule has 1 heterocycles. The summed E-state index contributed by atoms with van der Waals surface area (Å²) in [5, 5.41) is 2.06. The fourth-order valence-corrected chi connectivity index (χ4v) is 3.10. The Morgan fingerprint density at radius 3 is 2.67 bits per heavy atom. The number of carbonyl (C=O) groups is 1. The molecule has 1 nitrogen and oxygen atoms in total. The number of carbonyl (C=O) groups excluding carboxylic acids is 1. The van der Waals surface area contributed by atoms with Crippen molar-refractivity contribution in [1.29, 1.82) is 0 Å². The zero-order valence-corrected chi connectivity index (χ0v) is 12.0. The highest BCUT2D eigenvalue weighted by molar-refractivity contribution is 8.00. The lowest BCUT2D eigenvalue weighted by Crippen LogP contribution is -2.02. The number of thioether (sulfide) groups is 1. The average molecular weight is 276 g/mol. The Kier molecular flexibility index (Phi) is 5.02. The van der Waals surface area contributed by atoms with Crippen LogP contribution in [0.1, 0.15) is 16.9 Å². The molecule has 0 atom stereocenters. The van der Waals surface area contributed by atoms with Crippen LogP contribution in [0.2, 0.25) is 0 Å². The third-order valence-electron chi connectivity index (χ3n) is 2.65. The van der Waals surface area contributed by atoms with Crippen molar-refractivity contribution in [2.45, 2.75) is 24.7 Å². The number of aryl methyl sites for hydroxylation is 2. The maximum absolute atomic E-state index is 11.8. The van der Waals surface area contributed by atoms with Gasteiger partial charge in [-0.1, -0.05) is 23.8 Å². The second-order valence-electron chi connectivity index (χ2n) is 4.22. The first-order valence-electron chi connectivity index (χ1n) is 5.97. The Morgan fingerprint density at radius 2 is 2.00 bits per heavy atom. The largest absolute Gasteiger partial charge is 0.299 e. The molecule has 0 aliphatic heterocycles. The molecule has 0 saturated carbocycles. The summed E-state index contributed by atoms with van der Waals surface area (Å²) in [5.74, 6) is 0.906. The van der Waals surface area contributed by atoms with Crippen LogP contribution in [-0.2, 0) is 11.2 Å². The van der Waals surface area contributed by atoms with Crippen LogP contribution in [0.25, 0.3) is 0 Å². The van der Waals surface area contributed by atoms with Gasteiger partial charge in [-0.05, 0) is 36.9 Å². The first kappa shape index (κ1) is 13.4. The van der Waals surface area contributed by atoms with Crippen LogP contribution in [0.15, 0.2) is 46.7 Å². The van der Waals surface area contributed by atoms with Crippen LogP contribution in [0, 0.1) is 6.92 Å². The molecule has 94 valence electrons. The zero-order valence-electron chi connectivity index (χ0n) is 10.4. The van der Waals surface area contributed by atoms with Crippen LogP contribution >= 0.6 is 23.1 Å². The van der Waals surface area contributed by atoms with Gasteiger partial charge in [-0.3, -0.25) is 4.79 Å². The Morgan fingerprint density at radius 1 is 1.22 bits per heavy atom. The molecule has 0 spiro atoms. The predicted octanol–water partition coefficient (Wildman–Crippen LogP) is 4.35. The first-order valence-corrected chi connectivity index (χ1v) is 7.84. The van der Waals surface area contributed by atoms with Gasteiger partial charge in [-0.25, -0.2) is 0 Å². The molecule has 0 bridgehead atoms. The topological polar surface area (TPSA) is 17.1 Å². The van der Waals surface area contributed by atoms with E-state index in [4.69, 9.17) is 0 Å². The van der Waals surface area contributed by atoms with Crippen LogP contribution in [0.4, 0.5) is 0 Å². The van der Waals surface area contributed by atoms with Crippen molar-refractivity contribution < 1.29 is 4.79 Å². The number of rotatable bonds is 6. The molecule has 1 aromatic heterocycles. The van der Waals surface area contributed by atoms with Crippen molar-refractivity contribution >= 4 is 28.9 Å². The van der Waals surface area contributed by atoms with Crippen molar-refractivity contribution in [3.63, 3.8) is 0 Å². The standard InChI is InChI=1S/C15H16OS2/c1-12-4-7-15(8-5-12)18-11-13(16)6-9-14-3-2-10-17-14/h2-5,7-8,10H,6,9,11H2,1H3. The van der Waals surface area contributed by atoms with Crippen molar-refractivity contribution in [1.82, 2.24) is 0 Å². The third-order valence-corrected chi connectivity index (χ3v) is 4.66. The van der Waals surface area contributed by atoms with Gasteiger partial charge in [0.05, 0.1) is 5.75 Å². The Bertz CT molecular complexity index is 486. The number of benzene rings is 1. The summed E-state index contributed by atoms with van der Waals surface area (Å²) < 4.78 is 0. The minimum atomic E-state index is 0.328. The van der Waals surface area contributed by atoms with Crippen LogP contribution in [-0.4, -0.2) is 11.5 Å². The molecule has 0 N–H and O–H groups in total. The lowest BCUT2D eigenvalue weighted by molar-refractivity contribution is -0.116. The normalized spacial score (nSPS) is 10.5. The molecule has 0 fully saturated rings. The molecule has 1 aromatic carbocycles. The van der Waals surface area contributed by atoms with Gasteiger partial charge >= 0.3 is 0 Å². The maximum atomic E-state index is 11.8. The number of hydrogen-bond acceptors (Lipinski definition) is 3. The Balaban J connectivity index is 1.73. The molecule has 2 aromatic rings. The Labute approximate surface area is 116 Å². The minimum absolute atomic E-state index is 0.328. The third kappa shape index (κ3) is 4.31. The van der Waals surface area contributed by atoms with E-state index in [1.54, 1.807) is 23.1 Å². The van der Waals surface area contributed by atoms with Gasteiger partial charge in [-0.15, -0.1) is 23.1 Å². The minimum Gasteiger partial charge on any atom is -0.299 e. The van der Waals surface area contributed by atoms with E-state index in [0.717, 1.165) is 6.42 Å². The fraction of sp³-hybridized carbons (Fsp3) is 0.267. The molecule has 0 unspecified atom stereocenters. The van der Waals surface area contributed by atoms with E-state index in [2.05, 4.69) is 42.6 Å². The molecule has 18 heavy (non-hydrogen) atoms. The van der Waals surface area contributed by atoms with E-state index in [-0.39, 0.29) is 0 Å². The van der Waals surface area contributed by atoms with Gasteiger partial charge in [0.25, 0.3) is 0 Å². The summed E-state index contributed by atoms with van der Waals surface area (Å²) >= 11 is 3.35. The van der Waals surface area contributed by atoms with E-state index in [1.165, 1.54) is 15.3 Å². The summed E-state index contributed by atoms with van der Waals surface area (Å²) in [6, 6.07) is 12.4. The molecule has 0 aliphatic carbocycles. The van der Waals surface area contributed by atoms with E-state index in [1.807, 2.05) is 6.07 Å². The summed E-state index contributed by atoms with van der Waals surface area (Å²) in [7, 11) is 0. The highest BCUT2D eigenvalue weighted by Gasteiger charge is 2.04. The molecule has 0 amide bonds. The average Bonchev–Trinajstić information content (AvgIpc) is 2.89. The zero-order chi connectivity index (χ0) is 12.8. The molecule has 2 rings (SSSR count). The smallest absolute Gasteiger partial charge is 0.143 e. The first-order chi connectivity index (χ1) is 8.74. The number of Topliss-reactive ketones (excluding diaryl/α,β-unsaturated/α-hetero) is 1. The SMILES string of the molecule is Cc1ccc(SCC(=O)CCc2cccs2)cc1. The summed E-state index contributed by atoms with van der Waals surface area (Å²) in [4.78, 5) is 14.2. The lowest BCUT2D eigenvalue weighted by atomic mass is 10.2. The van der Waals surface area contributed by atoms with Crippen LogP contribution < -0.4 is 0 Å². The quantitative estimate of drug-likeness (QED) is 0.730. The van der Waals surface area contributed by atoms with Gasteiger partial charge in [0, 0.05) is 16.2 Å². The van der Waals surface area contributed by atoms with Crippen molar-refractivity contribution in [2.24, 2.45) is 0 Å². The van der Waals surface area contributed by atoms with Gasteiger partial charge in [-0.2, -0.15) is 0 Å². The number of thiophene rings is 1. The van der Waals surface area contributed by atoms with E-state index >= 15 is 0 Å². The molecular weight excluding hydrogens is 260 g/mol. The van der Waals surface area contributed by atoms with E-state index in [9.17, 15) is 4.79 Å². The molecule has 0 radical (unpaired) electrons. The van der Waals surface area contributed by atoms with Gasteiger partial charge < -0.3 is 0 Å². The van der Waals surface area contributed by atoms with Gasteiger partial charge in [0.15, 0.2) is 0 Å². The highest BCUT2D eigenvalue weighted by Crippen LogP contribution is 2.19. The summed E-state index contributed by atoms with van der Waals surface area (Å²) in [5.41, 5.74) is 1.25. The second kappa shape index (κ2) is 6.76. The van der Waals surface area contributed by atoms with Crippen molar-refractivity contribution in [3.05, 3.63) is 52.2 Å². The van der Waals surface area contributed by atoms with Crippen LogP contribution in [0.3, 0.4) is 0 Å². The molecular formula is C15H16OS2. The molecule has 0 saturated heterocycles. The number of ketones is 1. The van der Waals surface area contributed by atoms with Crippen molar-refractivity contribution in [2.75, 3.05) is 5.75 Å². The van der Waals surface area contributed by atoms with E-state index < -0.39 is 0 Å². The second-order valence-corrected chi connectivity index (χ2v) is 6.30. The highest BCUT2D eigenvalue weighted by atomic mass is 32.2. The molecule has 0 aliphatic rings. The predicted molar refractivity (Wildman–Crippen MR) is 79.6 cm³/mol. The summed E-state index contributed by atoms with van der Waals surface area (Å²) in [6.07, 6.45) is 1.53. The Hall–Kier alpha value is -1.06. The summed E-state index contributed by atoms with van der Waals surface area (Å²) in [6.45, 7) is 2.07.